The average molecular weight is 604 g/mol. The smallest absolute Gasteiger partial charge is 0.343 e. The average Bonchev–Trinajstić information content (AvgIpc) is 3.20. The Balaban J connectivity index is 1.40. The molecule has 3 amide bonds. The summed E-state index contributed by atoms with van der Waals surface area (Å²) >= 11 is 4.20. The molecular weight excluding hydrogens is 578 g/mol. The third-order valence-electron chi connectivity index (χ3n) is 6.06. The number of thioether (sulfide) groups is 1. The first-order valence-corrected chi connectivity index (χ1v) is 13.3. The van der Waals surface area contributed by atoms with E-state index in [0.717, 1.165) is 22.3 Å². The molecule has 0 bridgehead atoms. The predicted octanol–water partition coefficient (Wildman–Crippen LogP) is 3.39. The molecule has 2 aromatic rings. The molecule has 0 aliphatic carbocycles. The first-order valence-electron chi connectivity index (χ1n) is 11.7. The first-order chi connectivity index (χ1) is 18.3. The molecule has 12 heteroatoms. The second-order valence-corrected chi connectivity index (χ2v) is 10.2. The van der Waals surface area contributed by atoms with E-state index in [0.29, 0.717) is 47.7 Å². The molecule has 0 radical (unpaired) electrons. The molecule has 0 aromatic heterocycles. The number of piperazine rings is 1. The SMILES string of the molecule is COC(=O)COc1cc(Br)c(/C=C2/SC(=O)N(CC(=O)N3CCN(c4ccccc4)CC3)C2=O)cc1OC. The van der Waals surface area contributed by atoms with Crippen LogP contribution in [0.1, 0.15) is 5.56 Å². The normalized spacial score (nSPS) is 16.7. The van der Waals surface area contributed by atoms with Crippen molar-refractivity contribution in [1.29, 1.82) is 0 Å². The lowest BCUT2D eigenvalue weighted by atomic mass is 10.2. The predicted molar refractivity (Wildman–Crippen MR) is 146 cm³/mol. The minimum Gasteiger partial charge on any atom is -0.493 e. The monoisotopic (exact) mass is 603 g/mol. The van der Waals surface area contributed by atoms with Gasteiger partial charge in [0.1, 0.15) is 6.54 Å². The standard InChI is InChI=1S/C26H26BrN3O7S/c1-35-20-12-17(19(27)14-21(20)37-16-24(32)36-2)13-22-25(33)30(26(34)38-22)15-23(31)29-10-8-28(9-11-29)18-6-4-3-5-7-18/h3-7,12-14H,8-11,15-16H2,1-2H3/b22-13+. The number of amides is 3. The summed E-state index contributed by atoms with van der Waals surface area (Å²) in [5, 5.41) is -0.501. The van der Waals surface area contributed by atoms with Crippen molar-refractivity contribution in [2.24, 2.45) is 0 Å². The second kappa shape index (κ2) is 12.4. The van der Waals surface area contributed by atoms with Crippen molar-refractivity contribution in [3.05, 3.63) is 57.4 Å². The lowest BCUT2D eigenvalue weighted by Crippen LogP contribution is -2.51. The number of halogens is 1. The van der Waals surface area contributed by atoms with Crippen LogP contribution in [0, 0.1) is 0 Å². The number of nitrogens with zero attached hydrogens (tertiary/aromatic N) is 3. The van der Waals surface area contributed by atoms with Crippen LogP contribution in [0.3, 0.4) is 0 Å². The highest BCUT2D eigenvalue weighted by Gasteiger charge is 2.37. The molecule has 2 aliphatic heterocycles. The number of methoxy groups -OCH3 is 2. The Morgan fingerprint density at radius 3 is 2.39 bits per heavy atom. The van der Waals surface area contributed by atoms with Gasteiger partial charge in [0.05, 0.1) is 19.1 Å². The third-order valence-corrected chi connectivity index (χ3v) is 7.66. The van der Waals surface area contributed by atoms with Gasteiger partial charge < -0.3 is 24.0 Å². The van der Waals surface area contributed by atoms with Crippen LogP contribution < -0.4 is 14.4 Å². The maximum atomic E-state index is 13.0. The summed E-state index contributed by atoms with van der Waals surface area (Å²) in [7, 11) is 2.70. The summed E-state index contributed by atoms with van der Waals surface area (Å²) < 4.78 is 15.9. The number of hydrogen-bond donors (Lipinski definition) is 0. The molecule has 0 spiro atoms. The number of anilines is 1. The molecule has 2 aromatic carbocycles. The Morgan fingerprint density at radius 2 is 1.74 bits per heavy atom. The Hall–Kier alpha value is -3.51. The van der Waals surface area contributed by atoms with Gasteiger partial charge in [-0.15, -0.1) is 0 Å². The first kappa shape index (κ1) is 27.5. The molecular formula is C26H26BrN3O7S. The van der Waals surface area contributed by atoms with E-state index in [2.05, 4.69) is 25.6 Å². The van der Waals surface area contributed by atoms with E-state index in [-0.39, 0.29) is 24.0 Å². The summed E-state index contributed by atoms with van der Waals surface area (Å²) in [6, 6.07) is 13.2. The van der Waals surface area contributed by atoms with Gasteiger partial charge in [0.15, 0.2) is 18.1 Å². The van der Waals surface area contributed by atoms with E-state index in [9.17, 15) is 19.2 Å². The van der Waals surface area contributed by atoms with E-state index in [1.165, 1.54) is 14.2 Å². The highest BCUT2D eigenvalue weighted by molar-refractivity contribution is 9.10. The largest absolute Gasteiger partial charge is 0.493 e. The van der Waals surface area contributed by atoms with Gasteiger partial charge in [-0.1, -0.05) is 34.1 Å². The van der Waals surface area contributed by atoms with Crippen molar-refractivity contribution in [3.8, 4) is 11.5 Å². The van der Waals surface area contributed by atoms with Gasteiger partial charge in [0, 0.05) is 36.3 Å². The second-order valence-electron chi connectivity index (χ2n) is 8.36. The minimum atomic E-state index is -0.548. The molecule has 0 saturated carbocycles. The molecule has 2 aliphatic rings. The lowest BCUT2D eigenvalue weighted by molar-refractivity contribution is -0.143. The Morgan fingerprint density at radius 1 is 1.03 bits per heavy atom. The highest BCUT2D eigenvalue weighted by atomic mass is 79.9. The molecule has 2 fully saturated rings. The fourth-order valence-corrected chi connectivity index (χ4v) is 5.26. The molecule has 0 N–H and O–H groups in total. The summed E-state index contributed by atoms with van der Waals surface area (Å²) in [5.41, 5.74) is 1.66. The van der Waals surface area contributed by atoms with E-state index in [4.69, 9.17) is 9.47 Å². The van der Waals surface area contributed by atoms with Gasteiger partial charge in [0.2, 0.25) is 5.91 Å². The van der Waals surface area contributed by atoms with Crippen LogP contribution in [0.25, 0.3) is 6.08 Å². The zero-order valence-corrected chi connectivity index (χ0v) is 23.2. The molecule has 0 unspecified atom stereocenters. The van der Waals surface area contributed by atoms with Crippen LogP contribution in [0.5, 0.6) is 11.5 Å². The van der Waals surface area contributed by atoms with Gasteiger partial charge in [-0.2, -0.15) is 0 Å². The van der Waals surface area contributed by atoms with Crippen molar-refractivity contribution in [3.63, 3.8) is 0 Å². The van der Waals surface area contributed by atoms with Crippen molar-refractivity contribution in [1.82, 2.24) is 9.80 Å². The number of rotatable bonds is 8. The van der Waals surface area contributed by atoms with Crippen molar-refractivity contribution in [2.75, 3.05) is 58.5 Å². The fourth-order valence-electron chi connectivity index (χ4n) is 4.00. The van der Waals surface area contributed by atoms with Gasteiger partial charge >= 0.3 is 5.97 Å². The van der Waals surface area contributed by atoms with Crippen LogP contribution in [-0.2, 0) is 19.1 Å². The molecule has 10 nitrogen and oxygen atoms in total. The Bertz CT molecular complexity index is 1260. The van der Waals surface area contributed by atoms with Crippen LogP contribution >= 0.6 is 27.7 Å². The highest BCUT2D eigenvalue weighted by Crippen LogP contribution is 2.38. The number of benzene rings is 2. The van der Waals surface area contributed by atoms with Crippen molar-refractivity contribution >= 4 is 62.5 Å². The van der Waals surface area contributed by atoms with Crippen LogP contribution in [-0.4, -0.2) is 86.4 Å². The van der Waals surface area contributed by atoms with Crippen molar-refractivity contribution < 1.29 is 33.4 Å². The maximum Gasteiger partial charge on any atom is 0.343 e. The quantitative estimate of drug-likeness (QED) is 0.331. The van der Waals surface area contributed by atoms with Gasteiger partial charge in [0.25, 0.3) is 11.1 Å². The van der Waals surface area contributed by atoms with E-state index < -0.39 is 17.1 Å². The molecule has 200 valence electrons. The number of para-hydroxylation sites is 1. The minimum absolute atomic E-state index is 0.183. The molecule has 38 heavy (non-hydrogen) atoms. The lowest BCUT2D eigenvalue weighted by Gasteiger charge is -2.36. The zero-order valence-electron chi connectivity index (χ0n) is 20.8. The summed E-state index contributed by atoms with van der Waals surface area (Å²) in [6.07, 6.45) is 1.55. The summed E-state index contributed by atoms with van der Waals surface area (Å²) in [5.74, 6) is -0.724. The van der Waals surface area contributed by atoms with Gasteiger partial charge in [-0.25, -0.2) is 4.79 Å². The van der Waals surface area contributed by atoms with Crippen molar-refractivity contribution in [2.45, 2.75) is 0 Å². The summed E-state index contributed by atoms with van der Waals surface area (Å²) in [4.78, 5) is 55.0. The third kappa shape index (κ3) is 6.30. The van der Waals surface area contributed by atoms with Crippen LogP contribution in [0.15, 0.2) is 51.8 Å². The zero-order chi connectivity index (χ0) is 27.2. The number of ether oxygens (including phenoxy) is 3. The topological polar surface area (TPSA) is 106 Å². The number of imide groups is 1. The van der Waals surface area contributed by atoms with Crippen LogP contribution in [0.2, 0.25) is 0 Å². The summed E-state index contributed by atoms with van der Waals surface area (Å²) in [6.45, 7) is 1.76. The van der Waals surface area contributed by atoms with E-state index in [1.807, 2.05) is 30.3 Å². The molecule has 2 heterocycles. The van der Waals surface area contributed by atoms with Gasteiger partial charge in [-0.05, 0) is 47.7 Å². The van der Waals surface area contributed by atoms with E-state index >= 15 is 0 Å². The van der Waals surface area contributed by atoms with Gasteiger partial charge in [-0.3, -0.25) is 19.3 Å². The fraction of sp³-hybridized carbons (Fsp3) is 0.308. The number of carbonyl (C=O) groups excluding carboxylic acids is 4. The molecule has 0 atom stereocenters. The number of hydrogen-bond acceptors (Lipinski definition) is 9. The number of carbonyl (C=O) groups is 4. The number of esters is 1. The van der Waals surface area contributed by atoms with E-state index in [1.54, 1.807) is 23.1 Å². The molecule has 4 rings (SSSR count). The van der Waals surface area contributed by atoms with Crippen LogP contribution in [0.4, 0.5) is 10.5 Å². The Labute approximate surface area is 232 Å². The maximum absolute atomic E-state index is 13.0. The Kier molecular flexibility index (Phi) is 8.95. The molecule has 2 saturated heterocycles.